The molecule has 0 spiro atoms. The highest BCUT2D eigenvalue weighted by Crippen LogP contribution is 2.36. The molecule has 0 radical (unpaired) electrons. The first-order valence-corrected chi connectivity index (χ1v) is 11.0. The number of hydrogen-bond donors (Lipinski definition) is 3. The summed E-state index contributed by atoms with van der Waals surface area (Å²) in [6.45, 7) is 0.260. The van der Waals surface area contributed by atoms with Gasteiger partial charge in [-0.05, 0) is 69.8 Å². The Morgan fingerprint density at radius 3 is 2.27 bits per heavy atom. The first-order chi connectivity index (χ1) is 15.8. The number of benzene rings is 4. The molecule has 0 aliphatic heterocycles. The van der Waals surface area contributed by atoms with E-state index in [1.54, 1.807) is 12.1 Å². The number of halogens is 2. The van der Waals surface area contributed by atoms with Crippen molar-refractivity contribution >= 4 is 45.6 Å². The molecule has 0 aromatic heterocycles. The van der Waals surface area contributed by atoms with E-state index in [1.807, 2.05) is 42.5 Å². The van der Waals surface area contributed by atoms with Crippen molar-refractivity contribution < 1.29 is 14.6 Å². The molecule has 0 amide bonds. The first kappa shape index (κ1) is 22.9. The van der Waals surface area contributed by atoms with Gasteiger partial charge in [-0.1, -0.05) is 65.7 Å². The number of nitrogens with two attached hydrogens (primary N) is 2. The zero-order valence-corrected chi connectivity index (χ0v) is 19.1. The molecular formula is C26H22Cl2N2O3. The zero-order valence-electron chi connectivity index (χ0n) is 17.6. The second-order valence-electron chi connectivity index (χ2n) is 7.80. The Hall–Kier alpha value is -3.25. The predicted octanol–water partition coefficient (Wildman–Crippen LogP) is 5.93. The summed E-state index contributed by atoms with van der Waals surface area (Å²) in [5.41, 5.74) is 15.9. The average molecular weight is 481 g/mol. The van der Waals surface area contributed by atoms with Gasteiger partial charge in [-0.25, -0.2) is 0 Å². The second-order valence-corrected chi connectivity index (χ2v) is 8.62. The lowest BCUT2D eigenvalue weighted by molar-refractivity contribution is -0.138. The largest absolute Gasteiger partial charge is 0.486 e. The summed E-state index contributed by atoms with van der Waals surface area (Å²) in [5.74, 6) is -0.741. The van der Waals surface area contributed by atoms with Gasteiger partial charge in [0, 0.05) is 5.69 Å². The van der Waals surface area contributed by atoms with Gasteiger partial charge in [0.2, 0.25) is 0 Å². The van der Waals surface area contributed by atoms with Crippen molar-refractivity contribution in [2.24, 2.45) is 5.73 Å². The molecule has 0 saturated carbocycles. The highest BCUT2D eigenvalue weighted by molar-refractivity contribution is 6.37. The van der Waals surface area contributed by atoms with Crippen LogP contribution in [0.15, 0.2) is 72.8 Å². The molecule has 4 rings (SSSR count). The number of hydrogen-bond acceptors (Lipinski definition) is 4. The Kier molecular flexibility index (Phi) is 6.75. The van der Waals surface area contributed by atoms with Crippen molar-refractivity contribution in [1.29, 1.82) is 0 Å². The fourth-order valence-corrected chi connectivity index (χ4v) is 4.32. The van der Waals surface area contributed by atoms with Crippen molar-refractivity contribution in [3.63, 3.8) is 0 Å². The van der Waals surface area contributed by atoms with Crippen LogP contribution < -0.4 is 16.2 Å². The number of carbonyl (C=O) groups is 1. The molecule has 33 heavy (non-hydrogen) atoms. The highest BCUT2D eigenvalue weighted by Gasteiger charge is 2.16. The maximum atomic E-state index is 11.0. The third kappa shape index (κ3) is 5.22. The van der Waals surface area contributed by atoms with Gasteiger partial charge < -0.3 is 21.3 Å². The van der Waals surface area contributed by atoms with E-state index in [-0.39, 0.29) is 13.0 Å². The molecule has 4 aromatic rings. The Morgan fingerprint density at radius 2 is 1.61 bits per heavy atom. The van der Waals surface area contributed by atoms with Gasteiger partial charge in [0.15, 0.2) is 5.75 Å². The molecule has 5 N–H and O–H groups in total. The topological polar surface area (TPSA) is 98.6 Å². The quantitative estimate of drug-likeness (QED) is 0.284. The summed E-state index contributed by atoms with van der Waals surface area (Å²) < 4.78 is 6.00. The van der Waals surface area contributed by atoms with Crippen LogP contribution in [0.5, 0.6) is 5.75 Å². The van der Waals surface area contributed by atoms with Gasteiger partial charge in [-0.15, -0.1) is 0 Å². The average Bonchev–Trinajstić information content (AvgIpc) is 2.78. The summed E-state index contributed by atoms with van der Waals surface area (Å²) in [4.78, 5) is 11.0. The van der Waals surface area contributed by atoms with Crippen molar-refractivity contribution in [2.45, 2.75) is 19.1 Å². The minimum atomic E-state index is -1.09. The maximum Gasteiger partial charge on any atom is 0.320 e. The van der Waals surface area contributed by atoms with Crippen LogP contribution in [0.25, 0.3) is 21.9 Å². The number of nitrogen functional groups attached to an aromatic ring is 1. The van der Waals surface area contributed by atoms with Crippen molar-refractivity contribution in [3.05, 3.63) is 94.0 Å². The molecule has 0 aliphatic carbocycles. The van der Waals surface area contributed by atoms with Gasteiger partial charge in [0.05, 0.1) is 10.0 Å². The summed E-state index contributed by atoms with van der Waals surface area (Å²) in [6.07, 6.45) is 0.117. The van der Waals surface area contributed by atoms with E-state index in [2.05, 4.69) is 18.2 Å². The number of aliphatic carboxylic acids is 1. The number of fused-ring (bicyclic) bond motifs is 1. The van der Waals surface area contributed by atoms with Crippen LogP contribution in [-0.2, 0) is 17.8 Å². The second kappa shape index (κ2) is 9.71. The molecule has 0 fully saturated rings. The van der Waals surface area contributed by atoms with Crippen LogP contribution in [0.3, 0.4) is 0 Å². The van der Waals surface area contributed by atoms with E-state index in [1.165, 1.54) is 0 Å². The van der Waals surface area contributed by atoms with Crippen LogP contribution in [0.1, 0.15) is 11.1 Å². The Bertz CT molecular complexity index is 1300. The third-order valence-corrected chi connectivity index (χ3v) is 5.98. The van der Waals surface area contributed by atoms with Crippen LogP contribution >= 0.6 is 23.2 Å². The third-order valence-electron chi connectivity index (χ3n) is 5.42. The molecule has 0 unspecified atom stereocenters. The zero-order chi connectivity index (χ0) is 23.5. The number of carboxylic acids is 1. The summed E-state index contributed by atoms with van der Waals surface area (Å²) in [7, 11) is 0. The lowest BCUT2D eigenvalue weighted by Crippen LogP contribution is -2.32. The standard InChI is InChI=1S/C26H22Cl2N2O3/c27-22-10-15(12-24(30)26(31)32)11-23(28)25(22)33-14-19-3-1-2-17-4-5-18(13-21(17)19)16-6-8-20(29)9-7-16/h1-11,13,24H,12,14,29-30H2,(H,31,32)/t24-/m0/s1. The van der Waals surface area contributed by atoms with Gasteiger partial charge in [-0.2, -0.15) is 0 Å². The predicted molar refractivity (Wildman–Crippen MR) is 134 cm³/mol. The normalized spacial score (nSPS) is 12.0. The van der Waals surface area contributed by atoms with Crippen molar-refractivity contribution in [2.75, 3.05) is 5.73 Å². The van der Waals surface area contributed by atoms with E-state index in [0.29, 0.717) is 21.4 Å². The molecule has 0 bridgehead atoms. The number of rotatable bonds is 7. The van der Waals surface area contributed by atoms with Crippen molar-refractivity contribution in [1.82, 2.24) is 0 Å². The van der Waals surface area contributed by atoms with Crippen LogP contribution in [-0.4, -0.2) is 17.1 Å². The molecule has 0 saturated heterocycles. The van der Waals surface area contributed by atoms with Crippen LogP contribution in [0.4, 0.5) is 5.69 Å². The molecule has 168 valence electrons. The summed E-state index contributed by atoms with van der Waals surface area (Å²) in [6, 6.07) is 22.3. The monoisotopic (exact) mass is 480 g/mol. The molecule has 5 nitrogen and oxygen atoms in total. The van der Waals surface area contributed by atoms with Gasteiger partial charge in [-0.3, -0.25) is 4.79 Å². The lowest BCUT2D eigenvalue weighted by atomic mass is 9.98. The molecular weight excluding hydrogens is 459 g/mol. The first-order valence-electron chi connectivity index (χ1n) is 10.3. The van der Waals surface area contributed by atoms with E-state index in [0.717, 1.165) is 33.2 Å². The Balaban J connectivity index is 1.60. The molecule has 0 aliphatic rings. The lowest BCUT2D eigenvalue weighted by Gasteiger charge is -2.14. The fourth-order valence-electron chi connectivity index (χ4n) is 3.68. The number of carboxylic acid groups (broad SMARTS) is 1. The molecule has 1 atom stereocenters. The molecule has 4 aromatic carbocycles. The summed E-state index contributed by atoms with van der Waals surface area (Å²) >= 11 is 12.8. The SMILES string of the molecule is Nc1ccc(-c2ccc3cccc(COc4c(Cl)cc(C[C@H](N)C(=O)O)cc4Cl)c3c2)cc1. The van der Waals surface area contributed by atoms with Crippen LogP contribution in [0, 0.1) is 0 Å². The molecule has 0 heterocycles. The van der Waals surface area contributed by atoms with Crippen molar-refractivity contribution in [3.8, 4) is 16.9 Å². The van der Waals surface area contributed by atoms with E-state index < -0.39 is 12.0 Å². The minimum Gasteiger partial charge on any atom is -0.486 e. The Labute approximate surface area is 201 Å². The number of anilines is 1. The van der Waals surface area contributed by atoms with E-state index in [4.69, 9.17) is 44.5 Å². The summed E-state index contributed by atoms with van der Waals surface area (Å²) in [5, 5.41) is 11.8. The number of ether oxygens (including phenoxy) is 1. The smallest absolute Gasteiger partial charge is 0.320 e. The highest BCUT2D eigenvalue weighted by atomic mass is 35.5. The maximum absolute atomic E-state index is 11.0. The van der Waals surface area contributed by atoms with Gasteiger partial charge in [0.1, 0.15) is 12.6 Å². The van der Waals surface area contributed by atoms with Gasteiger partial charge in [0.25, 0.3) is 0 Å². The van der Waals surface area contributed by atoms with E-state index >= 15 is 0 Å². The fraction of sp³-hybridized carbons (Fsp3) is 0.115. The molecule has 7 heteroatoms. The van der Waals surface area contributed by atoms with Gasteiger partial charge >= 0.3 is 5.97 Å². The van der Waals surface area contributed by atoms with E-state index in [9.17, 15) is 4.79 Å². The minimum absolute atomic E-state index is 0.117. The Morgan fingerprint density at radius 1 is 0.939 bits per heavy atom. The van der Waals surface area contributed by atoms with Crippen LogP contribution in [0.2, 0.25) is 10.0 Å².